The minimum Gasteiger partial charge on any atom is -0.480 e. The predicted molar refractivity (Wildman–Crippen MR) is 42.7 cm³/mol. The van der Waals surface area contributed by atoms with Gasteiger partial charge in [-0.2, -0.15) is 0 Å². The first-order valence-electron chi connectivity index (χ1n) is 2.66. The standard InChI is InChI=1S/C6H7IO2/c1-2-4-3-6(4,7)5(8)9/h2,4H,1,3H2,(H,8,9)/t4-,6-/m1/s1. The van der Waals surface area contributed by atoms with Crippen LogP contribution in [0.4, 0.5) is 0 Å². The Morgan fingerprint density at radius 1 is 2.00 bits per heavy atom. The molecule has 1 rings (SSSR count). The van der Waals surface area contributed by atoms with Crippen molar-refractivity contribution in [1.29, 1.82) is 0 Å². The van der Waals surface area contributed by atoms with E-state index in [1.165, 1.54) is 0 Å². The zero-order chi connectivity index (χ0) is 7.07. The molecule has 0 aromatic heterocycles. The van der Waals surface area contributed by atoms with E-state index in [1.807, 2.05) is 22.6 Å². The molecular formula is C6H7IO2. The van der Waals surface area contributed by atoms with E-state index in [9.17, 15) is 4.79 Å². The third-order valence-corrected chi connectivity index (χ3v) is 3.29. The zero-order valence-corrected chi connectivity index (χ0v) is 6.96. The maximum Gasteiger partial charge on any atom is 0.320 e. The predicted octanol–water partition coefficient (Wildman–Crippen LogP) is 1.45. The molecule has 50 valence electrons. The van der Waals surface area contributed by atoms with Crippen LogP contribution in [0.25, 0.3) is 0 Å². The smallest absolute Gasteiger partial charge is 0.320 e. The van der Waals surface area contributed by atoms with Crippen LogP contribution in [0.15, 0.2) is 12.7 Å². The Labute approximate surface area is 67.1 Å². The van der Waals surface area contributed by atoms with Crippen LogP contribution in [0.5, 0.6) is 0 Å². The molecule has 1 aliphatic carbocycles. The molecule has 0 unspecified atom stereocenters. The van der Waals surface area contributed by atoms with E-state index in [-0.39, 0.29) is 5.92 Å². The summed E-state index contributed by atoms with van der Waals surface area (Å²) in [5.41, 5.74) is 0. The molecule has 1 saturated carbocycles. The van der Waals surface area contributed by atoms with Crippen LogP contribution in [0.2, 0.25) is 0 Å². The molecule has 0 radical (unpaired) electrons. The monoisotopic (exact) mass is 238 g/mol. The van der Waals surface area contributed by atoms with Gasteiger partial charge in [0.2, 0.25) is 0 Å². The lowest BCUT2D eigenvalue weighted by Gasteiger charge is -1.96. The average molecular weight is 238 g/mol. The van der Waals surface area contributed by atoms with Gasteiger partial charge in [0.15, 0.2) is 0 Å². The molecule has 0 saturated heterocycles. The van der Waals surface area contributed by atoms with E-state index in [1.54, 1.807) is 6.08 Å². The van der Waals surface area contributed by atoms with Crippen molar-refractivity contribution in [2.45, 2.75) is 9.84 Å². The van der Waals surface area contributed by atoms with Crippen LogP contribution in [0.3, 0.4) is 0 Å². The third kappa shape index (κ3) is 0.976. The highest BCUT2D eigenvalue weighted by atomic mass is 127. The summed E-state index contributed by atoms with van der Waals surface area (Å²) < 4.78 is -0.514. The summed E-state index contributed by atoms with van der Waals surface area (Å²) in [6.45, 7) is 3.53. The van der Waals surface area contributed by atoms with Gasteiger partial charge in [-0.1, -0.05) is 28.7 Å². The van der Waals surface area contributed by atoms with Gasteiger partial charge in [-0.15, -0.1) is 6.58 Å². The first-order valence-corrected chi connectivity index (χ1v) is 3.74. The lowest BCUT2D eigenvalue weighted by molar-refractivity contribution is -0.136. The number of hydrogen-bond acceptors (Lipinski definition) is 1. The van der Waals surface area contributed by atoms with Crippen molar-refractivity contribution < 1.29 is 9.90 Å². The van der Waals surface area contributed by atoms with Crippen LogP contribution >= 0.6 is 22.6 Å². The summed E-state index contributed by atoms with van der Waals surface area (Å²) in [5.74, 6) is -0.524. The molecule has 9 heavy (non-hydrogen) atoms. The second kappa shape index (κ2) is 1.97. The summed E-state index contributed by atoms with van der Waals surface area (Å²) in [5, 5.41) is 8.56. The number of carbonyl (C=O) groups is 1. The van der Waals surface area contributed by atoms with Crippen molar-refractivity contribution in [1.82, 2.24) is 0 Å². The van der Waals surface area contributed by atoms with Gasteiger partial charge in [0.25, 0.3) is 0 Å². The molecule has 1 N–H and O–H groups in total. The van der Waals surface area contributed by atoms with E-state index in [4.69, 9.17) is 5.11 Å². The number of rotatable bonds is 2. The second-order valence-corrected chi connectivity index (χ2v) is 4.14. The Kier molecular flexibility index (Phi) is 1.54. The Hall–Kier alpha value is -0.0600. The van der Waals surface area contributed by atoms with Crippen molar-refractivity contribution in [3.63, 3.8) is 0 Å². The van der Waals surface area contributed by atoms with Crippen molar-refractivity contribution in [2.24, 2.45) is 5.92 Å². The van der Waals surface area contributed by atoms with Crippen LogP contribution in [-0.2, 0) is 4.79 Å². The number of carboxylic acid groups (broad SMARTS) is 1. The summed E-state index contributed by atoms with van der Waals surface area (Å²) in [6.07, 6.45) is 2.45. The summed E-state index contributed by atoms with van der Waals surface area (Å²) in [6, 6.07) is 0. The summed E-state index contributed by atoms with van der Waals surface area (Å²) >= 11 is 1.97. The Balaban J connectivity index is 2.62. The van der Waals surface area contributed by atoms with Crippen LogP contribution in [-0.4, -0.2) is 14.5 Å². The van der Waals surface area contributed by atoms with Gasteiger partial charge < -0.3 is 5.11 Å². The molecule has 0 amide bonds. The van der Waals surface area contributed by atoms with Crippen LogP contribution in [0, 0.1) is 5.92 Å². The Morgan fingerprint density at radius 3 is 2.67 bits per heavy atom. The molecular weight excluding hydrogens is 231 g/mol. The molecule has 2 atom stereocenters. The fourth-order valence-corrected chi connectivity index (χ4v) is 1.51. The van der Waals surface area contributed by atoms with Crippen molar-refractivity contribution >= 4 is 28.6 Å². The highest BCUT2D eigenvalue weighted by molar-refractivity contribution is 14.1. The molecule has 1 fully saturated rings. The van der Waals surface area contributed by atoms with E-state index in [0.29, 0.717) is 0 Å². The molecule has 0 spiro atoms. The number of carboxylic acids is 1. The molecule has 1 aliphatic rings. The van der Waals surface area contributed by atoms with E-state index < -0.39 is 9.39 Å². The molecule has 0 bridgehead atoms. The molecule has 0 heterocycles. The number of aliphatic carboxylic acids is 1. The molecule has 0 aromatic carbocycles. The highest BCUT2D eigenvalue weighted by Gasteiger charge is 2.56. The molecule has 2 nitrogen and oxygen atoms in total. The number of halogens is 1. The van der Waals surface area contributed by atoms with E-state index in [2.05, 4.69) is 6.58 Å². The average Bonchev–Trinajstić information content (AvgIpc) is 2.44. The van der Waals surface area contributed by atoms with E-state index >= 15 is 0 Å². The largest absolute Gasteiger partial charge is 0.480 e. The first-order chi connectivity index (χ1) is 4.11. The van der Waals surface area contributed by atoms with Gasteiger partial charge in [0.1, 0.15) is 3.42 Å². The minimum atomic E-state index is -0.715. The number of alkyl halides is 1. The minimum absolute atomic E-state index is 0.190. The second-order valence-electron chi connectivity index (χ2n) is 2.21. The van der Waals surface area contributed by atoms with Crippen molar-refractivity contribution in [2.75, 3.05) is 0 Å². The SMILES string of the molecule is C=C[C@@H]1C[C@]1(I)C(=O)O. The van der Waals surface area contributed by atoms with Gasteiger partial charge in [0.05, 0.1) is 0 Å². The highest BCUT2D eigenvalue weighted by Crippen LogP contribution is 2.52. The van der Waals surface area contributed by atoms with Crippen molar-refractivity contribution in [3.05, 3.63) is 12.7 Å². The maximum absolute atomic E-state index is 10.4. The topological polar surface area (TPSA) is 37.3 Å². The summed E-state index contributed by atoms with van der Waals surface area (Å²) in [7, 11) is 0. The van der Waals surface area contributed by atoms with Gasteiger partial charge in [0, 0.05) is 5.92 Å². The Bertz CT molecular complexity index is 166. The van der Waals surface area contributed by atoms with Gasteiger partial charge >= 0.3 is 5.97 Å². The van der Waals surface area contributed by atoms with Gasteiger partial charge in [-0.3, -0.25) is 4.79 Å². The fourth-order valence-electron chi connectivity index (χ4n) is 0.777. The number of hydrogen-bond donors (Lipinski definition) is 1. The van der Waals surface area contributed by atoms with Crippen LogP contribution < -0.4 is 0 Å². The normalized spacial score (nSPS) is 39.9. The maximum atomic E-state index is 10.4. The lowest BCUT2D eigenvalue weighted by Crippen LogP contribution is -2.15. The zero-order valence-electron chi connectivity index (χ0n) is 4.80. The van der Waals surface area contributed by atoms with Crippen molar-refractivity contribution in [3.8, 4) is 0 Å². The fraction of sp³-hybridized carbons (Fsp3) is 0.500. The quantitative estimate of drug-likeness (QED) is 0.449. The Morgan fingerprint density at radius 2 is 2.56 bits per heavy atom. The van der Waals surface area contributed by atoms with E-state index in [0.717, 1.165) is 6.42 Å². The lowest BCUT2D eigenvalue weighted by atomic mass is 10.3. The molecule has 3 heteroatoms. The van der Waals surface area contributed by atoms with Gasteiger partial charge in [-0.25, -0.2) is 0 Å². The van der Waals surface area contributed by atoms with Gasteiger partial charge in [-0.05, 0) is 6.42 Å². The van der Waals surface area contributed by atoms with Crippen LogP contribution in [0.1, 0.15) is 6.42 Å². The summed E-state index contributed by atoms with van der Waals surface area (Å²) in [4.78, 5) is 10.4. The first kappa shape index (κ1) is 7.05. The molecule has 0 aromatic rings. The third-order valence-electron chi connectivity index (χ3n) is 1.58. The number of allylic oxidation sites excluding steroid dienone is 1. The molecule has 0 aliphatic heterocycles.